The van der Waals surface area contributed by atoms with Gasteiger partial charge in [-0.05, 0) is 48.9 Å². The number of carbonyl (C=O) groups is 1. The molecular formula is C24H19BrN4O2S. The highest BCUT2D eigenvalue weighted by Gasteiger charge is 2.14. The Labute approximate surface area is 197 Å². The first-order chi connectivity index (χ1) is 15.5. The standard InChI is InChI=1S/C24H19BrN4O2S/c1-16-6-8-17(9-7-16)14-26-28-22(30)15-32-24-27-21-5-3-2-4-20(21)23(31)29(24)19-12-10-18(25)11-13-19/h2-14H,15H2,1H3,(H,28,30)/b26-14-. The third kappa shape index (κ3) is 5.15. The summed E-state index contributed by atoms with van der Waals surface area (Å²) >= 11 is 4.60. The van der Waals surface area contributed by atoms with Crippen LogP contribution in [0.5, 0.6) is 0 Å². The number of amides is 1. The largest absolute Gasteiger partial charge is 0.272 e. The third-order valence-corrected chi connectivity index (χ3v) is 6.11. The molecule has 3 aromatic carbocycles. The maximum absolute atomic E-state index is 13.2. The number of aromatic nitrogens is 2. The van der Waals surface area contributed by atoms with Crippen molar-refractivity contribution in [2.45, 2.75) is 12.1 Å². The molecule has 1 aromatic heterocycles. The minimum atomic E-state index is -0.289. The lowest BCUT2D eigenvalue weighted by Gasteiger charge is -2.13. The van der Waals surface area contributed by atoms with E-state index in [1.54, 1.807) is 18.3 Å². The molecule has 32 heavy (non-hydrogen) atoms. The maximum atomic E-state index is 13.2. The van der Waals surface area contributed by atoms with E-state index in [2.05, 4.69) is 31.4 Å². The molecular weight excluding hydrogens is 488 g/mol. The number of nitrogens with zero attached hydrogens (tertiary/aromatic N) is 3. The van der Waals surface area contributed by atoms with Crippen LogP contribution in [0.2, 0.25) is 0 Å². The molecule has 0 saturated heterocycles. The van der Waals surface area contributed by atoms with Crippen molar-refractivity contribution in [2.75, 3.05) is 5.75 Å². The lowest BCUT2D eigenvalue weighted by Crippen LogP contribution is -2.24. The summed E-state index contributed by atoms with van der Waals surface area (Å²) in [6, 6.07) is 22.4. The van der Waals surface area contributed by atoms with Crippen LogP contribution < -0.4 is 11.0 Å². The molecule has 6 nitrogen and oxygen atoms in total. The Bertz CT molecular complexity index is 1350. The molecule has 0 fully saturated rings. The van der Waals surface area contributed by atoms with E-state index in [0.29, 0.717) is 21.7 Å². The van der Waals surface area contributed by atoms with Gasteiger partial charge in [0.15, 0.2) is 5.16 Å². The topological polar surface area (TPSA) is 76.3 Å². The molecule has 0 aliphatic heterocycles. The number of nitrogens with one attached hydrogen (secondary N) is 1. The fourth-order valence-electron chi connectivity index (χ4n) is 3.02. The Morgan fingerprint density at radius 1 is 1.09 bits per heavy atom. The van der Waals surface area contributed by atoms with Crippen molar-refractivity contribution in [1.82, 2.24) is 15.0 Å². The summed E-state index contributed by atoms with van der Waals surface area (Å²) in [7, 11) is 0. The van der Waals surface area contributed by atoms with Crippen LogP contribution in [0.1, 0.15) is 11.1 Å². The highest BCUT2D eigenvalue weighted by Crippen LogP contribution is 2.22. The van der Waals surface area contributed by atoms with E-state index in [4.69, 9.17) is 0 Å². The van der Waals surface area contributed by atoms with Gasteiger partial charge in [0.1, 0.15) is 0 Å². The summed E-state index contributed by atoms with van der Waals surface area (Å²) < 4.78 is 2.44. The minimum Gasteiger partial charge on any atom is -0.272 e. The number of hydrazone groups is 1. The SMILES string of the molecule is Cc1ccc(/C=N\NC(=O)CSc2nc3ccccc3c(=O)n2-c2ccc(Br)cc2)cc1. The number of aryl methyl sites for hydroxylation is 1. The average molecular weight is 507 g/mol. The predicted octanol–water partition coefficient (Wildman–Crippen LogP) is 4.70. The molecule has 4 aromatic rings. The van der Waals surface area contributed by atoms with Gasteiger partial charge in [-0.1, -0.05) is 69.7 Å². The summed E-state index contributed by atoms with van der Waals surface area (Å²) in [4.78, 5) is 30.2. The van der Waals surface area contributed by atoms with E-state index in [0.717, 1.165) is 15.6 Å². The third-order valence-electron chi connectivity index (χ3n) is 4.64. The van der Waals surface area contributed by atoms with Gasteiger partial charge in [-0.2, -0.15) is 5.10 Å². The van der Waals surface area contributed by atoms with Crippen LogP contribution in [0.3, 0.4) is 0 Å². The molecule has 0 spiro atoms. The molecule has 4 rings (SSSR count). The number of thioether (sulfide) groups is 1. The Balaban J connectivity index is 1.56. The zero-order chi connectivity index (χ0) is 22.5. The number of hydrogen-bond acceptors (Lipinski definition) is 5. The molecule has 0 aliphatic rings. The fourth-order valence-corrected chi connectivity index (χ4v) is 4.09. The van der Waals surface area contributed by atoms with Gasteiger partial charge in [-0.25, -0.2) is 10.4 Å². The summed E-state index contributed by atoms with van der Waals surface area (Å²) in [6.45, 7) is 2.01. The summed E-state index contributed by atoms with van der Waals surface area (Å²) in [5.41, 5.74) is 5.65. The second-order valence-corrected chi connectivity index (χ2v) is 8.88. The number of halogens is 1. The van der Waals surface area contributed by atoms with E-state index in [-0.39, 0.29) is 17.2 Å². The van der Waals surface area contributed by atoms with Gasteiger partial charge in [0, 0.05) is 4.47 Å². The van der Waals surface area contributed by atoms with Crippen LogP contribution in [0, 0.1) is 6.92 Å². The van der Waals surface area contributed by atoms with Crippen molar-refractivity contribution in [3.8, 4) is 5.69 Å². The molecule has 1 amide bonds. The number of hydrogen-bond donors (Lipinski definition) is 1. The number of para-hydroxylation sites is 1. The zero-order valence-corrected chi connectivity index (χ0v) is 19.6. The quantitative estimate of drug-likeness (QED) is 0.178. The molecule has 0 atom stereocenters. The van der Waals surface area contributed by atoms with Gasteiger partial charge >= 0.3 is 0 Å². The lowest BCUT2D eigenvalue weighted by atomic mass is 10.2. The van der Waals surface area contributed by atoms with Gasteiger partial charge < -0.3 is 0 Å². The van der Waals surface area contributed by atoms with Crippen LogP contribution in [0.15, 0.2) is 92.3 Å². The van der Waals surface area contributed by atoms with Crippen LogP contribution in [-0.4, -0.2) is 27.4 Å². The fraction of sp³-hybridized carbons (Fsp3) is 0.0833. The first-order valence-corrected chi connectivity index (χ1v) is 11.6. The molecule has 0 bridgehead atoms. The van der Waals surface area contributed by atoms with Gasteiger partial charge in [0.05, 0.1) is 28.6 Å². The number of fused-ring (bicyclic) bond motifs is 1. The van der Waals surface area contributed by atoms with Gasteiger partial charge in [-0.15, -0.1) is 0 Å². The monoisotopic (exact) mass is 506 g/mol. The number of rotatable bonds is 6. The van der Waals surface area contributed by atoms with Crippen molar-refractivity contribution in [1.29, 1.82) is 0 Å². The molecule has 1 heterocycles. The predicted molar refractivity (Wildman–Crippen MR) is 133 cm³/mol. The highest BCUT2D eigenvalue weighted by atomic mass is 79.9. The minimum absolute atomic E-state index is 0.0620. The van der Waals surface area contributed by atoms with E-state index >= 15 is 0 Å². The van der Waals surface area contributed by atoms with E-state index < -0.39 is 0 Å². The normalized spacial score (nSPS) is 11.2. The van der Waals surface area contributed by atoms with Gasteiger partial charge in [0.25, 0.3) is 11.5 Å². The van der Waals surface area contributed by atoms with E-state index in [1.807, 2.05) is 67.6 Å². The molecule has 160 valence electrons. The van der Waals surface area contributed by atoms with Crippen LogP contribution in [0.25, 0.3) is 16.6 Å². The zero-order valence-electron chi connectivity index (χ0n) is 17.2. The van der Waals surface area contributed by atoms with Crippen molar-refractivity contribution < 1.29 is 4.79 Å². The molecule has 0 saturated carbocycles. The molecule has 1 N–H and O–H groups in total. The molecule has 0 aliphatic carbocycles. The Kier molecular flexibility index (Phi) is 6.82. The summed E-state index contributed by atoms with van der Waals surface area (Å²) in [5, 5.41) is 4.97. The smallest absolute Gasteiger partial charge is 0.266 e. The van der Waals surface area contributed by atoms with Crippen molar-refractivity contribution in [2.24, 2.45) is 5.10 Å². The first kappa shape index (κ1) is 22.0. The van der Waals surface area contributed by atoms with Crippen LogP contribution in [-0.2, 0) is 4.79 Å². The summed E-state index contributed by atoms with van der Waals surface area (Å²) in [6.07, 6.45) is 1.59. The van der Waals surface area contributed by atoms with E-state index in [9.17, 15) is 9.59 Å². The second kappa shape index (κ2) is 9.93. The number of carbonyl (C=O) groups excluding carboxylic acids is 1. The Morgan fingerprint density at radius 3 is 2.56 bits per heavy atom. The number of benzene rings is 3. The van der Waals surface area contributed by atoms with Gasteiger partial charge in [-0.3, -0.25) is 14.2 Å². The van der Waals surface area contributed by atoms with Crippen LogP contribution in [0.4, 0.5) is 0 Å². The van der Waals surface area contributed by atoms with Crippen LogP contribution >= 0.6 is 27.7 Å². The first-order valence-electron chi connectivity index (χ1n) is 9.80. The maximum Gasteiger partial charge on any atom is 0.266 e. The van der Waals surface area contributed by atoms with Crippen molar-refractivity contribution >= 4 is 50.7 Å². The molecule has 8 heteroatoms. The Hall–Kier alpha value is -3.23. The highest BCUT2D eigenvalue weighted by molar-refractivity contribution is 9.10. The lowest BCUT2D eigenvalue weighted by molar-refractivity contribution is -0.118. The average Bonchev–Trinajstić information content (AvgIpc) is 2.80. The van der Waals surface area contributed by atoms with Crippen molar-refractivity contribution in [3.05, 3.63) is 98.7 Å². The summed E-state index contributed by atoms with van der Waals surface area (Å²) in [5.74, 6) is -0.227. The second-order valence-electron chi connectivity index (χ2n) is 7.02. The van der Waals surface area contributed by atoms with Crippen molar-refractivity contribution in [3.63, 3.8) is 0 Å². The van der Waals surface area contributed by atoms with E-state index in [1.165, 1.54) is 16.3 Å². The van der Waals surface area contributed by atoms with Gasteiger partial charge in [0.2, 0.25) is 0 Å². The molecule has 0 radical (unpaired) electrons. The Morgan fingerprint density at radius 2 is 1.81 bits per heavy atom. The molecule has 0 unspecified atom stereocenters.